The highest BCUT2D eigenvalue weighted by molar-refractivity contribution is 6.18. The summed E-state index contributed by atoms with van der Waals surface area (Å²) in [4.78, 5) is 20.4. The van der Waals surface area contributed by atoms with E-state index in [0.717, 1.165) is 51.4 Å². The van der Waals surface area contributed by atoms with Crippen molar-refractivity contribution in [2.75, 3.05) is 19.8 Å². The monoisotopic (exact) mass is 395 g/mol. The van der Waals surface area contributed by atoms with E-state index in [2.05, 4.69) is 45.6 Å². The van der Waals surface area contributed by atoms with Crippen molar-refractivity contribution in [3.63, 3.8) is 0 Å². The zero-order valence-corrected chi connectivity index (χ0v) is 16.7. The number of ether oxygens (including phenoxy) is 1. The Balaban J connectivity index is 1.37. The van der Waals surface area contributed by atoms with E-state index in [-0.39, 0.29) is 30.1 Å². The highest BCUT2D eigenvalue weighted by Crippen LogP contribution is 2.29. The third-order valence-corrected chi connectivity index (χ3v) is 6.49. The van der Waals surface area contributed by atoms with Crippen LogP contribution in [0, 0.1) is 5.92 Å². The zero-order valence-electron chi connectivity index (χ0n) is 16.7. The van der Waals surface area contributed by atoms with E-state index < -0.39 is 0 Å². The Bertz CT molecular complexity index is 790. The summed E-state index contributed by atoms with van der Waals surface area (Å²) in [5.74, 6) is 0.514. The van der Waals surface area contributed by atoms with Gasteiger partial charge in [0.2, 0.25) is 5.91 Å². The summed E-state index contributed by atoms with van der Waals surface area (Å²) >= 11 is 0. The van der Waals surface area contributed by atoms with E-state index in [9.17, 15) is 4.79 Å². The third kappa shape index (κ3) is 3.81. The predicted octanol–water partition coefficient (Wildman–Crippen LogP) is 1.99. The van der Waals surface area contributed by atoms with Gasteiger partial charge in [0.05, 0.1) is 12.1 Å². The van der Waals surface area contributed by atoms with Gasteiger partial charge in [-0.05, 0) is 37.8 Å². The molecule has 154 valence electrons. The lowest BCUT2D eigenvalue weighted by molar-refractivity contribution is -0.123. The molecule has 29 heavy (non-hydrogen) atoms. The van der Waals surface area contributed by atoms with Crippen molar-refractivity contribution in [3.8, 4) is 0 Å². The van der Waals surface area contributed by atoms with Crippen molar-refractivity contribution in [2.24, 2.45) is 16.0 Å². The molecule has 5 rings (SSSR count). The number of fused-ring (bicyclic) bond motifs is 1. The predicted molar refractivity (Wildman–Crippen MR) is 112 cm³/mol. The molecule has 0 saturated carbocycles. The lowest BCUT2D eigenvalue weighted by Crippen LogP contribution is -2.58. The van der Waals surface area contributed by atoms with Crippen LogP contribution in [0.1, 0.15) is 37.7 Å². The Hall–Kier alpha value is -2.25. The van der Waals surface area contributed by atoms with E-state index in [0.29, 0.717) is 0 Å². The Kier molecular flexibility index (Phi) is 5.33. The quantitative estimate of drug-likeness (QED) is 0.847. The van der Waals surface area contributed by atoms with E-state index in [1.54, 1.807) is 6.21 Å². The van der Waals surface area contributed by atoms with Crippen molar-refractivity contribution in [1.29, 1.82) is 0 Å². The molecule has 7 nitrogen and oxygen atoms in total. The maximum atomic E-state index is 12.9. The molecule has 0 bridgehead atoms. The lowest BCUT2D eigenvalue weighted by atomic mass is 9.96. The molecule has 1 aromatic carbocycles. The maximum Gasteiger partial charge on any atom is 0.238 e. The van der Waals surface area contributed by atoms with Crippen LogP contribution in [-0.4, -0.2) is 65.9 Å². The first-order valence-corrected chi connectivity index (χ1v) is 10.9. The summed E-state index contributed by atoms with van der Waals surface area (Å²) < 4.78 is 5.50. The van der Waals surface area contributed by atoms with Crippen LogP contribution < -0.4 is 5.32 Å². The number of amidine groups is 1. The molecule has 2 fully saturated rings. The fourth-order valence-electron chi connectivity index (χ4n) is 4.92. The number of benzene rings is 1. The van der Waals surface area contributed by atoms with Crippen LogP contribution in [0.4, 0.5) is 0 Å². The molecule has 3 atom stereocenters. The molecule has 0 aliphatic carbocycles. The molecule has 4 heterocycles. The summed E-state index contributed by atoms with van der Waals surface area (Å²) in [6.45, 7) is 3.43. The summed E-state index contributed by atoms with van der Waals surface area (Å²) in [6.07, 6.45) is 6.83. The molecule has 4 aliphatic rings. The summed E-state index contributed by atoms with van der Waals surface area (Å²) in [6, 6.07) is 11.1. The van der Waals surface area contributed by atoms with Crippen LogP contribution in [-0.2, 0) is 16.1 Å². The Morgan fingerprint density at radius 1 is 1.10 bits per heavy atom. The van der Waals surface area contributed by atoms with Gasteiger partial charge in [0, 0.05) is 26.0 Å². The number of aliphatic imine (C=N–C) groups is 1. The van der Waals surface area contributed by atoms with Gasteiger partial charge in [-0.25, -0.2) is 10.0 Å². The number of rotatable bonds is 4. The van der Waals surface area contributed by atoms with E-state index in [1.165, 1.54) is 18.4 Å². The minimum Gasteiger partial charge on any atom is -0.381 e. The molecular weight excluding hydrogens is 366 g/mol. The lowest BCUT2D eigenvalue weighted by Gasteiger charge is -2.41. The topological polar surface area (TPSA) is 69.5 Å². The number of hydrogen-bond donors (Lipinski definition) is 1. The number of carbonyl (C=O) groups is 1. The zero-order chi connectivity index (χ0) is 19.6. The number of hydrazone groups is 1. The molecule has 0 aromatic heterocycles. The second kappa shape index (κ2) is 8.24. The van der Waals surface area contributed by atoms with Crippen LogP contribution in [0.3, 0.4) is 0 Å². The molecule has 2 saturated heterocycles. The molecular formula is C22H29N5O2. The van der Waals surface area contributed by atoms with Crippen molar-refractivity contribution in [3.05, 3.63) is 35.9 Å². The smallest absolute Gasteiger partial charge is 0.238 e. The van der Waals surface area contributed by atoms with E-state index >= 15 is 0 Å². The van der Waals surface area contributed by atoms with E-state index in [1.807, 2.05) is 5.01 Å². The van der Waals surface area contributed by atoms with Gasteiger partial charge in [0.1, 0.15) is 17.9 Å². The molecule has 0 unspecified atom stereocenters. The molecule has 1 amide bonds. The standard InChI is InChI=1S/C22H29N5O2/c28-22-18-14-23-27(17-9-12-29-13-10-17)21(18)24-20(25-22)19-8-4-5-11-26(19)15-16-6-2-1-3-7-16/h1-3,6-7,14,17-20H,4-5,8-13,15H2,(H,25,28)/t18-,19-,20+/m0/s1. The number of piperidine rings is 1. The minimum atomic E-state index is -0.347. The summed E-state index contributed by atoms with van der Waals surface area (Å²) in [5.41, 5.74) is 1.31. The van der Waals surface area contributed by atoms with Crippen molar-refractivity contribution >= 4 is 18.0 Å². The highest BCUT2D eigenvalue weighted by atomic mass is 16.5. The first kappa shape index (κ1) is 18.8. The summed E-state index contributed by atoms with van der Waals surface area (Å²) in [7, 11) is 0. The molecule has 0 radical (unpaired) electrons. The van der Waals surface area contributed by atoms with E-state index in [4.69, 9.17) is 9.73 Å². The van der Waals surface area contributed by atoms with Gasteiger partial charge >= 0.3 is 0 Å². The van der Waals surface area contributed by atoms with Gasteiger partial charge in [0.25, 0.3) is 0 Å². The van der Waals surface area contributed by atoms with Crippen LogP contribution >= 0.6 is 0 Å². The van der Waals surface area contributed by atoms with Gasteiger partial charge in [-0.2, -0.15) is 5.10 Å². The van der Waals surface area contributed by atoms with Crippen molar-refractivity contribution in [2.45, 2.75) is 56.9 Å². The Morgan fingerprint density at radius 3 is 2.76 bits per heavy atom. The second-order valence-electron chi connectivity index (χ2n) is 8.39. The Labute approximate surface area is 171 Å². The SMILES string of the molecule is O=C1N[C@H]([C@@H]2CCCCN2Cc2ccccc2)N=C2[C@@H]1C=NN2C1CCOCC1. The fourth-order valence-corrected chi connectivity index (χ4v) is 4.92. The normalized spacial score (nSPS) is 30.8. The van der Waals surface area contributed by atoms with Gasteiger partial charge in [-0.3, -0.25) is 9.69 Å². The van der Waals surface area contributed by atoms with Gasteiger partial charge < -0.3 is 10.1 Å². The third-order valence-electron chi connectivity index (χ3n) is 6.49. The number of nitrogens with one attached hydrogen (secondary N) is 1. The average Bonchev–Trinajstić information content (AvgIpc) is 3.20. The van der Waals surface area contributed by atoms with Crippen LogP contribution in [0.15, 0.2) is 40.4 Å². The minimum absolute atomic E-state index is 0.0311. The maximum absolute atomic E-state index is 12.9. The number of carbonyl (C=O) groups excluding carboxylic acids is 1. The number of hydrogen-bond acceptors (Lipinski definition) is 6. The first-order chi connectivity index (χ1) is 14.3. The molecule has 0 spiro atoms. The summed E-state index contributed by atoms with van der Waals surface area (Å²) in [5, 5.41) is 9.76. The molecule has 1 aromatic rings. The molecule has 1 N–H and O–H groups in total. The van der Waals surface area contributed by atoms with Gasteiger partial charge in [-0.15, -0.1) is 0 Å². The van der Waals surface area contributed by atoms with Crippen LogP contribution in [0.25, 0.3) is 0 Å². The number of likely N-dealkylation sites (tertiary alicyclic amines) is 1. The second-order valence-corrected chi connectivity index (χ2v) is 8.39. The van der Waals surface area contributed by atoms with Crippen LogP contribution in [0.5, 0.6) is 0 Å². The van der Waals surface area contributed by atoms with Crippen molar-refractivity contribution in [1.82, 2.24) is 15.2 Å². The largest absolute Gasteiger partial charge is 0.381 e. The average molecular weight is 396 g/mol. The van der Waals surface area contributed by atoms with Crippen molar-refractivity contribution < 1.29 is 9.53 Å². The number of amides is 1. The Morgan fingerprint density at radius 2 is 1.93 bits per heavy atom. The van der Waals surface area contributed by atoms with Crippen LogP contribution in [0.2, 0.25) is 0 Å². The number of nitrogens with zero attached hydrogens (tertiary/aromatic N) is 4. The van der Waals surface area contributed by atoms with Gasteiger partial charge in [0.15, 0.2) is 0 Å². The van der Waals surface area contributed by atoms with Gasteiger partial charge in [-0.1, -0.05) is 36.8 Å². The molecule has 4 aliphatic heterocycles. The molecule has 7 heteroatoms. The fraction of sp³-hybridized carbons (Fsp3) is 0.591. The highest BCUT2D eigenvalue weighted by Gasteiger charge is 2.43. The first-order valence-electron chi connectivity index (χ1n) is 10.9.